The molecule has 0 amide bonds. The maximum atomic E-state index is 11.4. The van der Waals surface area contributed by atoms with Crippen LogP contribution in [0.3, 0.4) is 0 Å². The van der Waals surface area contributed by atoms with E-state index in [4.69, 9.17) is 0 Å². The maximum absolute atomic E-state index is 11.4. The van der Waals surface area contributed by atoms with Crippen molar-refractivity contribution in [3.8, 4) is 0 Å². The van der Waals surface area contributed by atoms with E-state index in [9.17, 15) is 4.79 Å². The molecule has 0 spiro atoms. The Morgan fingerprint density at radius 1 is 1.12 bits per heavy atom. The lowest BCUT2D eigenvalue weighted by molar-refractivity contribution is 0.101. The molecule has 0 N–H and O–H groups in total. The zero-order chi connectivity index (χ0) is 11.4. The van der Waals surface area contributed by atoms with Gasteiger partial charge in [0.05, 0.1) is 0 Å². The summed E-state index contributed by atoms with van der Waals surface area (Å²) in [5.41, 5.74) is 0.768. The van der Waals surface area contributed by atoms with Gasteiger partial charge in [-0.25, -0.2) is 0 Å². The van der Waals surface area contributed by atoms with Crippen LogP contribution in [-0.4, -0.2) is 5.78 Å². The second-order valence-corrected chi connectivity index (χ2v) is 4.47. The van der Waals surface area contributed by atoms with Gasteiger partial charge in [-0.2, -0.15) is 0 Å². The number of rotatable bonds is 3. The highest BCUT2D eigenvalue weighted by Gasteiger charge is 2.07. The van der Waals surface area contributed by atoms with Crippen LogP contribution < -0.4 is 0 Å². The molecule has 0 aliphatic rings. The highest BCUT2D eigenvalue weighted by Crippen LogP contribution is 2.29. The highest BCUT2D eigenvalue weighted by atomic mass is 32.2. The van der Waals surface area contributed by atoms with E-state index in [1.165, 1.54) is 0 Å². The Labute approximate surface area is 99.5 Å². The SMILES string of the molecule is CC(=O)c1ccccc1Sc1[c]cccc1. The second-order valence-electron chi connectivity index (χ2n) is 3.38. The highest BCUT2D eigenvalue weighted by molar-refractivity contribution is 7.99. The molecule has 2 aromatic carbocycles. The van der Waals surface area contributed by atoms with Gasteiger partial charge >= 0.3 is 0 Å². The third-order valence-electron chi connectivity index (χ3n) is 2.17. The number of hydrogen-bond acceptors (Lipinski definition) is 2. The smallest absolute Gasteiger partial charge is 0.160 e. The van der Waals surface area contributed by atoms with Crippen molar-refractivity contribution in [2.24, 2.45) is 0 Å². The lowest BCUT2D eigenvalue weighted by Gasteiger charge is -2.05. The van der Waals surface area contributed by atoms with Crippen LogP contribution in [0, 0.1) is 6.07 Å². The molecule has 0 saturated carbocycles. The van der Waals surface area contributed by atoms with E-state index in [0.717, 1.165) is 15.4 Å². The lowest BCUT2D eigenvalue weighted by Crippen LogP contribution is -1.94. The van der Waals surface area contributed by atoms with Crippen molar-refractivity contribution in [3.05, 3.63) is 60.2 Å². The first-order chi connectivity index (χ1) is 7.77. The molecule has 0 aliphatic heterocycles. The Morgan fingerprint density at radius 3 is 2.56 bits per heavy atom. The molecule has 2 rings (SSSR count). The summed E-state index contributed by atoms with van der Waals surface area (Å²) in [6.45, 7) is 1.59. The number of carbonyl (C=O) groups is 1. The van der Waals surface area contributed by atoms with Gasteiger partial charge in [0.15, 0.2) is 5.78 Å². The fourth-order valence-electron chi connectivity index (χ4n) is 1.41. The van der Waals surface area contributed by atoms with Gasteiger partial charge in [-0.1, -0.05) is 48.2 Å². The van der Waals surface area contributed by atoms with Crippen molar-refractivity contribution < 1.29 is 4.79 Å². The van der Waals surface area contributed by atoms with Crippen molar-refractivity contribution in [2.45, 2.75) is 16.7 Å². The molecule has 1 nitrogen and oxygen atoms in total. The number of ketones is 1. The number of hydrogen-bond donors (Lipinski definition) is 0. The molecule has 0 atom stereocenters. The minimum atomic E-state index is 0.0963. The zero-order valence-corrected chi connectivity index (χ0v) is 9.75. The van der Waals surface area contributed by atoms with Crippen LogP contribution in [0.5, 0.6) is 0 Å². The molecule has 79 valence electrons. The van der Waals surface area contributed by atoms with Crippen molar-refractivity contribution in [2.75, 3.05) is 0 Å². The molecule has 0 aromatic heterocycles. The Bertz CT molecular complexity index is 491. The zero-order valence-electron chi connectivity index (χ0n) is 8.94. The second kappa shape index (κ2) is 4.99. The van der Waals surface area contributed by atoms with E-state index >= 15 is 0 Å². The summed E-state index contributed by atoms with van der Waals surface area (Å²) >= 11 is 1.57. The third kappa shape index (κ3) is 2.52. The lowest BCUT2D eigenvalue weighted by atomic mass is 10.1. The quantitative estimate of drug-likeness (QED) is 0.741. The normalized spacial score (nSPS) is 10.1. The van der Waals surface area contributed by atoms with E-state index < -0.39 is 0 Å². The summed E-state index contributed by atoms with van der Waals surface area (Å²) in [6, 6.07) is 18.5. The van der Waals surface area contributed by atoms with Gasteiger partial charge < -0.3 is 0 Å². The van der Waals surface area contributed by atoms with Gasteiger partial charge in [0.2, 0.25) is 0 Å². The van der Waals surface area contributed by atoms with Crippen LogP contribution in [0.25, 0.3) is 0 Å². The Morgan fingerprint density at radius 2 is 1.88 bits per heavy atom. The van der Waals surface area contributed by atoms with E-state index in [2.05, 4.69) is 6.07 Å². The topological polar surface area (TPSA) is 17.1 Å². The van der Waals surface area contributed by atoms with Crippen molar-refractivity contribution in [3.63, 3.8) is 0 Å². The van der Waals surface area contributed by atoms with Crippen molar-refractivity contribution in [1.82, 2.24) is 0 Å². The molecule has 0 unspecified atom stereocenters. The maximum Gasteiger partial charge on any atom is 0.160 e. The molecule has 0 saturated heterocycles. The van der Waals surface area contributed by atoms with Crippen LogP contribution in [0.15, 0.2) is 58.3 Å². The molecular weight excluding hydrogens is 216 g/mol. The number of carbonyl (C=O) groups excluding carboxylic acids is 1. The van der Waals surface area contributed by atoms with E-state index in [1.54, 1.807) is 18.7 Å². The van der Waals surface area contributed by atoms with E-state index in [-0.39, 0.29) is 5.78 Å². The van der Waals surface area contributed by atoms with E-state index in [1.807, 2.05) is 48.5 Å². The van der Waals surface area contributed by atoms with Gasteiger partial charge in [0, 0.05) is 15.4 Å². The minimum Gasteiger partial charge on any atom is -0.294 e. The van der Waals surface area contributed by atoms with Crippen LogP contribution in [0.2, 0.25) is 0 Å². The Balaban J connectivity index is 2.31. The fourth-order valence-corrected chi connectivity index (χ4v) is 2.38. The summed E-state index contributed by atoms with van der Waals surface area (Å²) in [5, 5.41) is 0. The molecule has 0 heterocycles. The fraction of sp³-hybridized carbons (Fsp3) is 0.0714. The van der Waals surface area contributed by atoms with Crippen LogP contribution >= 0.6 is 11.8 Å². The summed E-state index contributed by atoms with van der Waals surface area (Å²) in [4.78, 5) is 13.4. The minimum absolute atomic E-state index is 0.0963. The van der Waals surface area contributed by atoms with Crippen molar-refractivity contribution in [1.29, 1.82) is 0 Å². The molecule has 16 heavy (non-hydrogen) atoms. The first-order valence-electron chi connectivity index (χ1n) is 5.02. The summed E-state index contributed by atoms with van der Waals surface area (Å²) < 4.78 is 0. The summed E-state index contributed by atoms with van der Waals surface area (Å²) in [5.74, 6) is 0.0963. The number of benzene rings is 2. The average Bonchev–Trinajstić information content (AvgIpc) is 2.31. The monoisotopic (exact) mass is 227 g/mol. The van der Waals surface area contributed by atoms with Gasteiger partial charge in [0.25, 0.3) is 0 Å². The van der Waals surface area contributed by atoms with Crippen LogP contribution in [-0.2, 0) is 0 Å². The molecule has 0 bridgehead atoms. The Hall–Kier alpha value is -1.54. The molecule has 1 radical (unpaired) electrons. The van der Waals surface area contributed by atoms with Gasteiger partial charge in [-0.05, 0) is 25.1 Å². The van der Waals surface area contributed by atoms with Gasteiger partial charge in [-0.3, -0.25) is 4.79 Å². The Kier molecular flexibility index (Phi) is 3.42. The summed E-state index contributed by atoms with van der Waals surface area (Å²) in [6.07, 6.45) is 0. The molecule has 0 fully saturated rings. The predicted molar refractivity (Wildman–Crippen MR) is 65.8 cm³/mol. The number of Topliss-reactive ketones (excluding diaryl/α,β-unsaturated/α-hetero) is 1. The molecular formula is C14H11OS. The van der Waals surface area contributed by atoms with Crippen LogP contribution in [0.4, 0.5) is 0 Å². The molecule has 2 heteroatoms. The largest absolute Gasteiger partial charge is 0.294 e. The predicted octanol–water partition coefficient (Wildman–Crippen LogP) is 3.84. The molecule has 0 aliphatic carbocycles. The van der Waals surface area contributed by atoms with Crippen molar-refractivity contribution >= 4 is 17.5 Å². The first kappa shape index (κ1) is 11.0. The van der Waals surface area contributed by atoms with Gasteiger partial charge in [0.1, 0.15) is 0 Å². The van der Waals surface area contributed by atoms with Crippen LogP contribution in [0.1, 0.15) is 17.3 Å². The van der Waals surface area contributed by atoms with Gasteiger partial charge in [-0.15, -0.1) is 0 Å². The third-order valence-corrected chi connectivity index (χ3v) is 3.22. The standard InChI is InChI=1S/C14H11OS/c1-11(15)13-9-5-6-10-14(13)16-12-7-3-2-4-8-12/h2-7,9-10H,1H3. The average molecular weight is 227 g/mol. The first-order valence-corrected chi connectivity index (χ1v) is 5.83. The van der Waals surface area contributed by atoms with E-state index in [0.29, 0.717) is 0 Å². The summed E-state index contributed by atoms with van der Waals surface area (Å²) in [7, 11) is 0. The molecule has 2 aromatic rings.